The van der Waals surface area contributed by atoms with Crippen LogP contribution in [-0.2, 0) is 11.2 Å². The minimum absolute atomic E-state index is 0.239. The highest BCUT2D eigenvalue weighted by atomic mass is 32.1. The molecule has 3 aromatic rings. The lowest BCUT2D eigenvalue weighted by Crippen LogP contribution is -2.09. The number of thiazole rings is 1. The number of aromatic nitrogens is 3. The lowest BCUT2D eigenvalue weighted by Gasteiger charge is -2.02. The van der Waals surface area contributed by atoms with Crippen LogP contribution in [0.3, 0.4) is 0 Å². The van der Waals surface area contributed by atoms with Gasteiger partial charge in [-0.15, -0.1) is 11.3 Å². The predicted octanol–water partition coefficient (Wildman–Crippen LogP) is 3.44. The maximum Gasteiger partial charge on any atom is 0.231 e. The van der Waals surface area contributed by atoms with Crippen LogP contribution in [0.4, 0.5) is 0 Å². The lowest BCUT2D eigenvalue weighted by molar-refractivity contribution is -0.118. The van der Waals surface area contributed by atoms with Crippen LogP contribution < -0.4 is 15.2 Å². The summed E-state index contributed by atoms with van der Waals surface area (Å²) in [5, 5.41) is 2.92. The number of aromatic amines is 1. The molecule has 0 atom stereocenters. The molecule has 1 aliphatic heterocycles. The van der Waals surface area contributed by atoms with Crippen molar-refractivity contribution in [1.29, 1.82) is 0 Å². The van der Waals surface area contributed by atoms with Crippen LogP contribution in [0.1, 0.15) is 30.8 Å². The SMILES string of the molecule is Cc1csc(-c2[nH]c(CCCCC(N)=O)nc2-c2ccc3c(c2)OCO3)n1. The third-order valence-corrected chi connectivity index (χ3v) is 5.30. The fourth-order valence-electron chi connectivity index (χ4n) is 3.01. The van der Waals surface area contributed by atoms with Crippen molar-refractivity contribution in [1.82, 2.24) is 15.0 Å². The Bertz CT molecular complexity index is 979. The maximum atomic E-state index is 10.9. The van der Waals surface area contributed by atoms with Crippen molar-refractivity contribution < 1.29 is 14.3 Å². The van der Waals surface area contributed by atoms with Crippen molar-refractivity contribution in [2.24, 2.45) is 5.73 Å². The standard InChI is InChI=1S/C19H20N4O3S/c1-11-9-27-19(21-11)18-17(12-6-7-13-14(8-12)26-10-25-13)22-16(23-18)5-3-2-4-15(20)24/h6-9H,2-5,10H2,1H3,(H2,20,24)(H,22,23). The molecular formula is C19H20N4O3S. The van der Waals surface area contributed by atoms with Gasteiger partial charge in [0.15, 0.2) is 11.5 Å². The summed E-state index contributed by atoms with van der Waals surface area (Å²) in [6.45, 7) is 2.21. The van der Waals surface area contributed by atoms with Crippen LogP contribution in [0, 0.1) is 6.92 Å². The lowest BCUT2D eigenvalue weighted by atomic mass is 10.1. The first-order valence-electron chi connectivity index (χ1n) is 8.80. The van der Waals surface area contributed by atoms with Crippen molar-refractivity contribution in [3.8, 4) is 33.5 Å². The zero-order chi connectivity index (χ0) is 18.8. The van der Waals surface area contributed by atoms with E-state index in [0.29, 0.717) is 6.42 Å². The van der Waals surface area contributed by atoms with E-state index in [2.05, 4.69) is 9.97 Å². The number of imidazole rings is 1. The minimum Gasteiger partial charge on any atom is -0.454 e. The number of rotatable bonds is 7. The van der Waals surface area contributed by atoms with Crippen molar-refractivity contribution in [3.05, 3.63) is 35.1 Å². The predicted molar refractivity (Wildman–Crippen MR) is 103 cm³/mol. The molecule has 1 amide bonds. The van der Waals surface area contributed by atoms with E-state index in [1.165, 1.54) is 0 Å². The number of H-pyrrole nitrogens is 1. The Hall–Kier alpha value is -2.87. The number of nitrogens with zero attached hydrogens (tertiary/aromatic N) is 2. The molecule has 0 spiro atoms. The monoisotopic (exact) mass is 384 g/mol. The molecule has 2 aromatic heterocycles. The number of amides is 1. The number of hydrogen-bond acceptors (Lipinski definition) is 6. The van der Waals surface area contributed by atoms with Crippen LogP contribution in [0.25, 0.3) is 22.0 Å². The fourth-order valence-corrected chi connectivity index (χ4v) is 3.81. The number of nitrogens with one attached hydrogen (secondary N) is 1. The van der Waals surface area contributed by atoms with Gasteiger partial charge in [0.05, 0.1) is 5.69 Å². The summed E-state index contributed by atoms with van der Waals surface area (Å²) in [7, 11) is 0. The average Bonchev–Trinajstić information content (AvgIpc) is 3.36. The largest absolute Gasteiger partial charge is 0.454 e. The van der Waals surface area contributed by atoms with Gasteiger partial charge >= 0.3 is 0 Å². The number of carbonyl (C=O) groups is 1. The third kappa shape index (κ3) is 3.80. The number of benzene rings is 1. The Morgan fingerprint density at radius 1 is 1.26 bits per heavy atom. The second-order valence-electron chi connectivity index (χ2n) is 6.44. The van der Waals surface area contributed by atoms with Gasteiger partial charge in [-0.3, -0.25) is 4.79 Å². The fraction of sp³-hybridized carbons (Fsp3) is 0.316. The summed E-state index contributed by atoms with van der Waals surface area (Å²) in [6.07, 6.45) is 2.73. The molecule has 27 heavy (non-hydrogen) atoms. The average molecular weight is 384 g/mol. The van der Waals surface area contributed by atoms with Gasteiger partial charge in [0, 0.05) is 29.5 Å². The Labute approximate surface area is 160 Å². The number of primary amides is 1. The first kappa shape index (κ1) is 17.5. The maximum absolute atomic E-state index is 10.9. The highest BCUT2D eigenvalue weighted by Gasteiger charge is 2.20. The highest BCUT2D eigenvalue weighted by molar-refractivity contribution is 7.13. The number of hydrogen-bond donors (Lipinski definition) is 2. The van der Waals surface area contributed by atoms with Crippen LogP contribution in [0.2, 0.25) is 0 Å². The van der Waals surface area contributed by atoms with Gasteiger partial charge in [0.1, 0.15) is 16.5 Å². The first-order valence-corrected chi connectivity index (χ1v) is 9.68. The van der Waals surface area contributed by atoms with Gasteiger partial charge < -0.3 is 20.2 Å². The van der Waals surface area contributed by atoms with Crippen molar-refractivity contribution in [3.63, 3.8) is 0 Å². The van der Waals surface area contributed by atoms with Gasteiger partial charge in [0.25, 0.3) is 0 Å². The quantitative estimate of drug-likeness (QED) is 0.608. The summed E-state index contributed by atoms with van der Waals surface area (Å²) in [4.78, 5) is 23.7. The van der Waals surface area contributed by atoms with Crippen LogP contribution in [-0.4, -0.2) is 27.7 Å². The van der Waals surface area contributed by atoms with Gasteiger partial charge in [-0.2, -0.15) is 0 Å². The number of aryl methyl sites for hydroxylation is 2. The molecule has 0 aliphatic carbocycles. The molecule has 7 nitrogen and oxygen atoms in total. The number of ether oxygens (including phenoxy) is 2. The van der Waals surface area contributed by atoms with Crippen LogP contribution in [0.5, 0.6) is 11.5 Å². The van der Waals surface area contributed by atoms with E-state index in [9.17, 15) is 4.79 Å². The molecular weight excluding hydrogens is 364 g/mol. The molecule has 8 heteroatoms. The Kier molecular flexibility index (Phi) is 4.81. The molecule has 0 unspecified atom stereocenters. The van der Waals surface area contributed by atoms with Crippen molar-refractivity contribution in [2.45, 2.75) is 32.6 Å². The smallest absolute Gasteiger partial charge is 0.231 e. The number of nitrogens with two attached hydrogens (primary N) is 1. The molecule has 140 valence electrons. The van der Waals surface area contributed by atoms with Crippen LogP contribution >= 0.6 is 11.3 Å². The molecule has 4 rings (SSSR count). The molecule has 1 aliphatic rings. The molecule has 0 fully saturated rings. The van der Waals surface area contributed by atoms with Gasteiger partial charge in [0.2, 0.25) is 12.7 Å². The molecule has 0 saturated carbocycles. The first-order chi connectivity index (χ1) is 13.1. The Morgan fingerprint density at radius 2 is 2.11 bits per heavy atom. The summed E-state index contributed by atoms with van der Waals surface area (Å²) < 4.78 is 10.9. The van der Waals surface area contributed by atoms with Crippen molar-refractivity contribution in [2.75, 3.05) is 6.79 Å². The molecule has 3 N–H and O–H groups in total. The topological polar surface area (TPSA) is 103 Å². The van der Waals surface area contributed by atoms with E-state index in [1.807, 2.05) is 30.5 Å². The Balaban J connectivity index is 1.65. The summed E-state index contributed by atoms with van der Waals surface area (Å²) >= 11 is 1.58. The van der Waals surface area contributed by atoms with E-state index < -0.39 is 0 Å². The third-order valence-electron chi connectivity index (χ3n) is 4.32. The van der Waals surface area contributed by atoms with Gasteiger partial charge in [-0.25, -0.2) is 9.97 Å². The van der Waals surface area contributed by atoms with E-state index in [0.717, 1.165) is 64.2 Å². The number of carbonyl (C=O) groups excluding carboxylic acids is 1. The second-order valence-corrected chi connectivity index (χ2v) is 7.30. The second kappa shape index (κ2) is 7.40. The van der Waals surface area contributed by atoms with E-state index in [-0.39, 0.29) is 12.7 Å². The Morgan fingerprint density at radius 3 is 2.89 bits per heavy atom. The minimum atomic E-state index is -0.269. The molecule has 1 aromatic carbocycles. The van der Waals surface area contributed by atoms with Crippen LogP contribution in [0.15, 0.2) is 23.6 Å². The van der Waals surface area contributed by atoms with E-state index >= 15 is 0 Å². The van der Waals surface area contributed by atoms with Gasteiger partial charge in [-0.05, 0) is 38.0 Å². The highest BCUT2D eigenvalue weighted by Crippen LogP contribution is 2.38. The summed E-state index contributed by atoms with van der Waals surface area (Å²) in [5.74, 6) is 2.07. The molecule has 0 saturated heterocycles. The summed E-state index contributed by atoms with van der Waals surface area (Å²) in [6, 6.07) is 5.82. The normalized spacial score (nSPS) is 12.5. The van der Waals surface area contributed by atoms with E-state index in [1.54, 1.807) is 11.3 Å². The number of fused-ring (bicyclic) bond motifs is 1. The molecule has 0 radical (unpaired) electrons. The number of unbranched alkanes of at least 4 members (excludes halogenated alkanes) is 1. The zero-order valence-corrected chi connectivity index (χ0v) is 15.8. The summed E-state index contributed by atoms with van der Waals surface area (Å²) in [5.41, 5.74) is 8.87. The van der Waals surface area contributed by atoms with Crippen molar-refractivity contribution >= 4 is 17.2 Å². The van der Waals surface area contributed by atoms with Gasteiger partial charge in [-0.1, -0.05) is 0 Å². The zero-order valence-electron chi connectivity index (χ0n) is 14.9. The molecule has 0 bridgehead atoms. The van der Waals surface area contributed by atoms with E-state index in [4.69, 9.17) is 20.2 Å². The molecule has 3 heterocycles.